The molecule has 0 amide bonds. The zero-order chi connectivity index (χ0) is 7.61. The molecule has 1 fully saturated rings. The highest BCUT2D eigenvalue weighted by atomic mass is 28.3. The van der Waals surface area contributed by atoms with Crippen molar-refractivity contribution in [2.75, 3.05) is 7.11 Å². The van der Waals surface area contributed by atoms with Gasteiger partial charge in [0, 0.05) is 15.2 Å². The average Bonchev–Trinajstić information content (AvgIpc) is 1.86. The van der Waals surface area contributed by atoms with E-state index in [1.807, 2.05) is 7.11 Å². The molecule has 0 aromatic heterocycles. The Hall–Kier alpha value is 0.177. The molecule has 0 spiro atoms. The Kier molecular flexibility index (Phi) is 2.53. The van der Waals surface area contributed by atoms with E-state index >= 15 is 0 Å². The molecule has 1 saturated heterocycles. The Morgan fingerprint density at radius 1 is 1.40 bits per heavy atom. The lowest BCUT2D eigenvalue weighted by molar-refractivity contribution is 0.105. The van der Waals surface area contributed by atoms with Crippen molar-refractivity contribution in [3.8, 4) is 0 Å². The molecule has 10 heavy (non-hydrogen) atoms. The molecule has 0 N–H and O–H groups in total. The van der Waals surface area contributed by atoms with E-state index < -0.39 is 8.07 Å². The Bertz CT molecular complexity index is 112. The van der Waals surface area contributed by atoms with E-state index in [1.165, 1.54) is 24.9 Å². The van der Waals surface area contributed by atoms with Gasteiger partial charge in [0.15, 0.2) is 0 Å². The van der Waals surface area contributed by atoms with Crippen LogP contribution < -0.4 is 0 Å². The lowest BCUT2D eigenvalue weighted by Crippen LogP contribution is -2.35. The van der Waals surface area contributed by atoms with Gasteiger partial charge in [0.25, 0.3) is 0 Å². The quantitative estimate of drug-likeness (QED) is 0.533. The lowest BCUT2D eigenvalue weighted by Gasteiger charge is -2.32. The summed E-state index contributed by atoms with van der Waals surface area (Å²) in [5.74, 6) is 0. The number of hydrogen-bond donors (Lipinski definition) is 0. The highest BCUT2D eigenvalue weighted by Gasteiger charge is 2.29. The molecule has 0 bridgehead atoms. The fourth-order valence-corrected chi connectivity index (χ4v) is 4.80. The van der Waals surface area contributed by atoms with Crippen LogP contribution in [0.3, 0.4) is 0 Å². The van der Waals surface area contributed by atoms with E-state index in [-0.39, 0.29) is 0 Å². The zero-order valence-electron chi connectivity index (χ0n) is 7.31. The Morgan fingerprint density at radius 3 is 2.50 bits per heavy atom. The third-order valence-electron chi connectivity index (χ3n) is 2.49. The fraction of sp³-hybridized carbons (Fsp3) is 1.00. The largest absolute Gasteiger partial charge is 0.382 e. The molecule has 1 aliphatic heterocycles. The normalized spacial score (nSPS) is 32.1. The monoisotopic (exact) mass is 158 g/mol. The van der Waals surface area contributed by atoms with E-state index in [0.29, 0.717) is 6.10 Å². The number of rotatable bonds is 1. The minimum absolute atomic E-state index is 0.593. The summed E-state index contributed by atoms with van der Waals surface area (Å²) in [5, 5.41) is 0. The van der Waals surface area contributed by atoms with Crippen LogP contribution in [-0.2, 0) is 4.74 Å². The highest BCUT2D eigenvalue weighted by molar-refractivity contribution is 6.77. The van der Waals surface area contributed by atoms with Crippen molar-refractivity contribution in [2.45, 2.75) is 44.1 Å². The van der Waals surface area contributed by atoms with Crippen molar-refractivity contribution in [3.05, 3.63) is 0 Å². The van der Waals surface area contributed by atoms with E-state index in [9.17, 15) is 0 Å². The fourth-order valence-electron chi connectivity index (χ4n) is 1.83. The first-order valence-corrected chi connectivity index (χ1v) is 7.58. The maximum Gasteiger partial charge on any atom is 0.0548 e. The molecule has 2 heteroatoms. The third kappa shape index (κ3) is 2.10. The van der Waals surface area contributed by atoms with Gasteiger partial charge in [0.05, 0.1) is 6.10 Å². The van der Waals surface area contributed by atoms with Crippen molar-refractivity contribution in [1.82, 2.24) is 0 Å². The lowest BCUT2D eigenvalue weighted by atomic mass is 10.2. The summed E-state index contributed by atoms with van der Waals surface area (Å²) in [7, 11) is 1.05. The van der Waals surface area contributed by atoms with E-state index in [1.54, 1.807) is 0 Å². The molecule has 0 saturated carbocycles. The van der Waals surface area contributed by atoms with Crippen LogP contribution in [0.5, 0.6) is 0 Å². The Labute approximate surface area is 64.8 Å². The first-order valence-electron chi connectivity index (χ1n) is 4.17. The van der Waals surface area contributed by atoms with Gasteiger partial charge in [-0.15, -0.1) is 0 Å². The van der Waals surface area contributed by atoms with Gasteiger partial charge in [-0.2, -0.15) is 0 Å². The summed E-state index contributed by atoms with van der Waals surface area (Å²) >= 11 is 0. The summed E-state index contributed by atoms with van der Waals surface area (Å²) in [6, 6.07) is 2.89. The molecule has 1 unspecified atom stereocenters. The second-order valence-corrected chi connectivity index (χ2v) is 9.35. The first-order chi connectivity index (χ1) is 4.64. The van der Waals surface area contributed by atoms with Gasteiger partial charge in [0.1, 0.15) is 0 Å². The van der Waals surface area contributed by atoms with Crippen LogP contribution in [0, 0.1) is 0 Å². The standard InChI is InChI=1S/C8H18OSi/c1-9-8-5-4-6-10(2,3)7-8/h8H,4-7H2,1-3H3. The van der Waals surface area contributed by atoms with Crippen molar-refractivity contribution in [2.24, 2.45) is 0 Å². The van der Waals surface area contributed by atoms with Crippen LogP contribution >= 0.6 is 0 Å². The van der Waals surface area contributed by atoms with Crippen LogP contribution in [0.1, 0.15) is 12.8 Å². The van der Waals surface area contributed by atoms with Gasteiger partial charge in [-0.25, -0.2) is 0 Å². The predicted molar refractivity (Wildman–Crippen MR) is 47.1 cm³/mol. The van der Waals surface area contributed by atoms with Gasteiger partial charge in [0.2, 0.25) is 0 Å². The van der Waals surface area contributed by atoms with Crippen molar-refractivity contribution in [3.63, 3.8) is 0 Å². The third-order valence-corrected chi connectivity index (χ3v) is 5.76. The number of hydrogen-bond acceptors (Lipinski definition) is 1. The van der Waals surface area contributed by atoms with Gasteiger partial charge in [-0.05, 0) is 12.5 Å². The maximum atomic E-state index is 5.36. The molecule has 0 radical (unpaired) electrons. The van der Waals surface area contributed by atoms with E-state index in [2.05, 4.69) is 13.1 Å². The van der Waals surface area contributed by atoms with Crippen LogP contribution in [0.15, 0.2) is 0 Å². The molecular weight excluding hydrogens is 140 g/mol. The van der Waals surface area contributed by atoms with Crippen molar-refractivity contribution in [1.29, 1.82) is 0 Å². The maximum absolute atomic E-state index is 5.36. The summed E-state index contributed by atoms with van der Waals surface area (Å²) in [6.07, 6.45) is 3.29. The van der Waals surface area contributed by atoms with Crippen LogP contribution in [0.25, 0.3) is 0 Å². The molecule has 0 aliphatic carbocycles. The topological polar surface area (TPSA) is 9.23 Å². The Morgan fingerprint density at radius 2 is 2.10 bits per heavy atom. The molecule has 0 aromatic carbocycles. The summed E-state index contributed by atoms with van der Waals surface area (Å²) in [4.78, 5) is 0. The SMILES string of the molecule is COC1CCC[Si](C)(C)C1. The summed E-state index contributed by atoms with van der Waals surface area (Å²) in [6.45, 7) is 4.94. The second kappa shape index (κ2) is 3.05. The predicted octanol–water partition coefficient (Wildman–Crippen LogP) is 2.50. The van der Waals surface area contributed by atoms with Gasteiger partial charge in [-0.1, -0.05) is 25.6 Å². The second-order valence-electron chi connectivity index (χ2n) is 4.12. The van der Waals surface area contributed by atoms with E-state index in [4.69, 9.17) is 4.74 Å². The smallest absolute Gasteiger partial charge is 0.0548 e. The van der Waals surface area contributed by atoms with E-state index in [0.717, 1.165) is 0 Å². The molecule has 1 atom stereocenters. The van der Waals surface area contributed by atoms with Crippen molar-refractivity contribution >= 4 is 8.07 Å². The summed E-state index contributed by atoms with van der Waals surface area (Å²) < 4.78 is 5.36. The van der Waals surface area contributed by atoms with Gasteiger partial charge < -0.3 is 4.74 Å². The number of ether oxygens (including phenoxy) is 1. The van der Waals surface area contributed by atoms with Crippen molar-refractivity contribution < 1.29 is 4.74 Å². The minimum Gasteiger partial charge on any atom is -0.382 e. The minimum atomic E-state index is -0.800. The molecule has 60 valence electrons. The van der Waals surface area contributed by atoms with Gasteiger partial charge >= 0.3 is 0 Å². The molecule has 0 aromatic rings. The Balaban J connectivity index is 2.40. The highest BCUT2D eigenvalue weighted by Crippen LogP contribution is 2.29. The molecule has 1 rings (SSSR count). The van der Waals surface area contributed by atoms with Crippen LogP contribution in [0.2, 0.25) is 25.2 Å². The summed E-state index contributed by atoms with van der Waals surface area (Å²) in [5.41, 5.74) is 0. The molecule has 1 aliphatic rings. The molecule has 1 heterocycles. The van der Waals surface area contributed by atoms with Gasteiger partial charge in [-0.3, -0.25) is 0 Å². The average molecular weight is 158 g/mol. The first kappa shape index (κ1) is 8.28. The van der Waals surface area contributed by atoms with Crippen LogP contribution in [0.4, 0.5) is 0 Å². The number of methoxy groups -OCH3 is 1. The zero-order valence-corrected chi connectivity index (χ0v) is 8.31. The molecular formula is C8H18OSi. The van der Waals surface area contributed by atoms with Crippen LogP contribution in [-0.4, -0.2) is 21.3 Å². The molecule has 1 nitrogen and oxygen atoms in total.